The molecule has 0 aromatic carbocycles. The van der Waals surface area contributed by atoms with E-state index in [1.165, 1.54) is 17.7 Å². The summed E-state index contributed by atoms with van der Waals surface area (Å²) in [4.78, 5) is 13.6. The Morgan fingerprint density at radius 2 is 2.24 bits per heavy atom. The third-order valence-electron chi connectivity index (χ3n) is 4.18. The Labute approximate surface area is 126 Å². The largest absolute Gasteiger partial charge is 0.317 e. The molecular weight excluding hydrogens is 260 g/mol. The first kappa shape index (κ1) is 14.1. The molecule has 110 valence electrons. The zero-order valence-electron chi connectivity index (χ0n) is 12.8. The van der Waals surface area contributed by atoms with Crippen LogP contribution in [0.25, 0.3) is 11.4 Å². The van der Waals surface area contributed by atoms with Gasteiger partial charge in [-0.15, -0.1) is 0 Å². The molecule has 0 amide bonds. The van der Waals surface area contributed by atoms with E-state index in [-0.39, 0.29) is 0 Å². The van der Waals surface area contributed by atoms with E-state index in [1.54, 1.807) is 6.20 Å². The second-order valence-corrected chi connectivity index (χ2v) is 5.72. The second-order valence-electron chi connectivity index (χ2n) is 5.72. The van der Waals surface area contributed by atoms with E-state index in [0.717, 1.165) is 43.0 Å². The Morgan fingerprint density at radius 1 is 1.33 bits per heavy atom. The molecule has 0 fully saturated rings. The van der Waals surface area contributed by atoms with E-state index < -0.39 is 0 Å². The summed E-state index contributed by atoms with van der Waals surface area (Å²) in [6.07, 6.45) is 6.98. The molecule has 2 aromatic rings. The van der Waals surface area contributed by atoms with E-state index in [9.17, 15) is 0 Å². The van der Waals surface area contributed by atoms with Crippen LogP contribution in [0.4, 0.5) is 0 Å². The summed E-state index contributed by atoms with van der Waals surface area (Å²) in [7, 11) is 0. The SMILES string of the molecule is CCNCC1CCc2nc(-c3cccnc3)nc(C)c2C1. The quantitative estimate of drug-likeness (QED) is 0.936. The Bertz CT molecular complexity index is 610. The molecule has 1 unspecified atom stereocenters. The monoisotopic (exact) mass is 282 g/mol. The molecule has 0 spiro atoms. The smallest absolute Gasteiger partial charge is 0.161 e. The normalized spacial score (nSPS) is 17.5. The van der Waals surface area contributed by atoms with Crippen molar-refractivity contribution in [2.24, 2.45) is 5.92 Å². The Balaban J connectivity index is 1.87. The molecule has 0 aliphatic heterocycles. The first-order valence-electron chi connectivity index (χ1n) is 7.75. The average Bonchev–Trinajstić information content (AvgIpc) is 2.54. The summed E-state index contributed by atoms with van der Waals surface area (Å²) < 4.78 is 0. The van der Waals surface area contributed by atoms with Crippen LogP contribution in [0, 0.1) is 12.8 Å². The number of aryl methyl sites for hydroxylation is 2. The van der Waals surface area contributed by atoms with Gasteiger partial charge < -0.3 is 5.32 Å². The van der Waals surface area contributed by atoms with Crippen molar-refractivity contribution in [1.29, 1.82) is 0 Å². The van der Waals surface area contributed by atoms with Crippen molar-refractivity contribution in [3.8, 4) is 11.4 Å². The minimum Gasteiger partial charge on any atom is -0.317 e. The fourth-order valence-electron chi connectivity index (χ4n) is 3.01. The van der Waals surface area contributed by atoms with Gasteiger partial charge in [0.15, 0.2) is 5.82 Å². The van der Waals surface area contributed by atoms with Crippen LogP contribution >= 0.6 is 0 Å². The summed E-state index contributed by atoms with van der Waals surface area (Å²) in [6, 6.07) is 3.95. The number of hydrogen-bond acceptors (Lipinski definition) is 4. The molecule has 1 atom stereocenters. The minimum absolute atomic E-state index is 0.712. The van der Waals surface area contributed by atoms with Crippen molar-refractivity contribution < 1.29 is 0 Å². The van der Waals surface area contributed by atoms with Gasteiger partial charge in [-0.2, -0.15) is 0 Å². The molecule has 0 saturated heterocycles. The average molecular weight is 282 g/mol. The number of pyridine rings is 1. The molecule has 2 heterocycles. The van der Waals surface area contributed by atoms with Crippen LogP contribution in [-0.2, 0) is 12.8 Å². The zero-order chi connectivity index (χ0) is 14.7. The lowest BCUT2D eigenvalue weighted by molar-refractivity contribution is 0.423. The maximum absolute atomic E-state index is 4.79. The highest BCUT2D eigenvalue weighted by Gasteiger charge is 2.22. The molecule has 21 heavy (non-hydrogen) atoms. The van der Waals surface area contributed by atoms with Crippen LogP contribution in [0.2, 0.25) is 0 Å². The summed E-state index contributed by atoms with van der Waals surface area (Å²) >= 11 is 0. The molecule has 1 aliphatic rings. The van der Waals surface area contributed by atoms with E-state index in [1.807, 2.05) is 18.3 Å². The fourth-order valence-corrected chi connectivity index (χ4v) is 3.01. The predicted molar refractivity (Wildman–Crippen MR) is 84.1 cm³/mol. The minimum atomic E-state index is 0.712. The molecule has 3 rings (SSSR count). The van der Waals surface area contributed by atoms with Crippen LogP contribution < -0.4 is 5.32 Å². The van der Waals surface area contributed by atoms with E-state index in [4.69, 9.17) is 9.97 Å². The molecule has 1 N–H and O–H groups in total. The van der Waals surface area contributed by atoms with Crippen molar-refractivity contribution >= 4 is 0 Å². The molecule has 0 saturated carbocycles. The molecule has 4 heteroatoms. The van der Waals surface area contributed by atoms with E-state index >= 15 is 0 Å². The van der Waals surface area contributed by atoms with Crippen molar-refractivity contribution in [1.82, 2.24) is 20.3 Å². The van der Waals surface area contributed by atoms with Gasteiger partial charge in [-0.05, 0) is 62.9 Å². The van der Waals surface area contributed by atoms with Crippen molar-refractivity contribution in [3.05, 3.63) is 41.5 Å². The Kier molecular flexibility index (Phi) is 4.25. The highest BCUT2D eigenvalue weighted by Crippen LogP contribution is 2.27. The zero-order valence-corrected chi connectivity index (χ0v) is 12.8. The summed E-state index contributed by atoms with van der Waals surface area (Å²) in [5.74, 6) is 1.52. The van der Waals surface area contributed by atoms with Crippen molar-refractivity contribution in [2.45, 2.75) is 33.1 Å². The number of rotatable bonds is 4. The Morgan fingerprint density at radius 3 is 3.00 bits per heavy atom. The lowest BCUT2D eigenvalue weighted by Gasteiger charge is -2.25. The number of hydrogen-bond donors (Lipinski definition) is 1. The third-order valence-corrected chi connectivity index (χ3v) is 4.18. The van der Waals surface area contributed by atoms with Crippen LogP contribution in [-0.4, -0.2) is 28.0 Å². The van der Waals surface area contributed by atoms with Crippen LogP contribution in [0.15, 0.2) is 24.5 Å². The highest BCUT2D eigenvalue weighted by molar-refractivity contribution is 5.54. The number of aromatic nitrogens is 3. The molecule has 4 nitrogen and oxygen atoms in total. The van der Waals surface area contributed by atoms with Gasteiger partial charge in [0.2, 0.25) is 0 Å². The maximum Gasteiger partial charge on any atom is 0.161 e. The van der Waals surface area contributed by atoms with Crippen molar-refractivity contribution in [3.63, 3.8) is 0 Å². The van der Waals surface area contributed by atoms with E-state index in [2.05, 4.69) is 24.1 Å². The highest BCUT2D eigenvalue weighted by atomic mass is 14.9. The van der Waals surface area contributed by atoms with Crippen molar-refractivity contribution in [2.75, 3.05) is 13.1 Å². The van der Waals surface area contributed by atoms with E-state index in [0.29, 0.717) is 5.92 Å². The topological polar surface area (TPSA) is 50.7 Å². The summed E-state index contributed by atoms with van der Waals surface area (Å²) in [5, 5.41) is 3.46. The first-order chi connectivity index (χ1) is 10.3. The van der Waals surface area contributed by atoms with Gasteiger partial charge in [0.25, 0.3) is 0 Å². The second kappa shape index (κ2) is 6.31. The summed E-state index contributed by atoms with van der Waals surface area (Å²) in [6.45, 7) is 6.40. The third kappa shape index (κ3) is 3.10. The van der Waals surface area contributed by atoms with Gasteiger partial charge in [-0.1, -0.05) is 6.92 Å². The van der Waals surface area contributed by atoms with Gasteiger partial charge in [0, 0.05) is 29.3 Å². The van der Waals surface area contributed by atoms with Gasteiger partial charge in [-0.3, -0.25) is 4.98 Å². The van der Waals surface area contributed by atoms with Gasteiger partial charge in [-0.25, -0.2) is 9.97 Å². The maximum atomic E-state index is 4.79. The lowest BCUT2D eigenvalue weighted by Crippen LogP contribution is -2.28. The van der Waals surface area contributed by atoms with Crippen LogP contribution in [0.1, 0.15) is 30.3 Å². The standard InChI is InChI=1S/C17H22N4/c1-3-18-10-13-6-7-16-15(9-13)12(2)20-17(21-16)14-5-4-8-19-11-14/h4-5,8,11,13,18H,3,6-7,9-10H2,1-2H3. The van der Waals surface area contributed by atoms with Gasteiger partial charge in [0.1, 0.15) is 0 Å². The lowest BCUT2D eigenvalue weighted by atomic mass is 9.85. The molecular formula is C17H22N4. The van der Waals surface area contributed by atoms with Crippen LogP contribution in [0.5, 0.6) is 0 Å². The number of nitrogens with zero attached hydrogens (tertiary/aromatic N) is 3. The van der Waals surface area contributed by atoms with Gasteiger partial charge in [0.05, 0.1) is 0 Å². The molecule has 0 bridgehead atoms. The number of fused-ring (bicyclic) bond motifs is 1. The molecule has 0 radical (unpaired) electrons. The predicted octanol–water partition coefficient (Wildman–Crippen LogP) is 2.56. The Hall–Kier alpha value is -1.81. The first-order valence-corrected chi connectivity index (χ1v) is 7.75. The fraction of sp³-hybridized carbons (Fsp3) is 0.471. The van der Waals surface area contributed by atoms with Crippen LogP contribution in [0.3, 0.4) is 0 Å². The molecule has 1 aliphatic carbocycles. The number of nitrogens with one attached hydrogen (secondary N) is 1. The molecule has 2 aromatic heterocycles. The van der Waals surface area contributed by atoms with Gasteiger partial charge >= 0.3 is 0 Å². The summed E-state index contributed by atoms with van der Waals surface area (Å²) in [5.41, 5.74) is 4.71.